The molecule has 0 aliphatic rings. The van der Waals surface area contributed by atoms with Crippen LogP contribution in [0.2, 0.25) is 0 Å². The summed E-state index contributed by atoms with van der Waals surface area (Å²) in [5.41, 5.74) is 0. The first-order valence-corrected chi connectivity index (χ1v) is 3.00. The average Bonchev–Trinajstić information content (AvgIpc) is 1.69. The fourth-order valence-corrected chi connectivity index (χ4v) is 0.635. The van der Waals surface area contributed by atoms with Gasteiger partial charge < -0.3 is 10.4 Å². The predicted molar refractivity (Wildman–Crippen MR) is 45.2 cm³/mol. The van der Waals surface area contributed by atoms with Crippen LogP contribution in [0.5, 0.6) is 0 Å². The molecule has 58 valence electrons. The lowest BCUT2D eigenvalue weighted by molar-refractivity contribution is 0.218. The molecular formula is C6H17NOS. The molecule has 0 heterocycles. The molecule has 0 aliphatic carbocycles. The Morgan fingerprint density at radius 1 is 1.44 bits per heavy atom. The molecular weight excluding hydrogens is 134 g/mol. The van der Waals surface area contributed by atoms with Crippen molar-refractivity contribution in [1.29, 1.82) is 0 Å². The molecule has 0 radical (unpaired) electrons. The van der Waals surface area contributed by atoms with Gasteiger partial charge in [-0.25, -0.2) is 0 Å². The van der Waals surface area contributed by atoms with Crippen molar-refractivity contribution in [3.05, 3.63) is 0 Å². The Morgan fingerprint density at radius 3 is 1.89 bits per heavy atom. The fourth-order valence-electron chi connectivity index (χ4n) is 0.635. The number of aliphatic hydroxyl groups is 1. The van der Waals surface area contributed by atoms with Crippen LogP contribution in [-0.4, -0.2) is 24.8 Å². The lowest BCUT2D eigenvalue weighted by atomic mass is 10.1. The minimum Gasteiger partial charge on any atom is -0.395 e. The minimum atomic E-state index is 0. The molecule has 3 heteroatoms. The van der Waals surface area contributed by atoms with E-state index in [4.69, 9.17) is 5.11 Å². The number of rotatable bonds is 3. The zero-order valence-electron chi connectivity index (χ0n) is 6.31. The highest BCUT2D eigenvalue weighted by atomic mass is 32.1. The topological polar surface area (TPSA) is 32.3 Å². The molecule has 1 atom stereocenters. The van der Waals surface area contributed by atoms with Gasteiger partial charge in [-0.1, -0.05) is 13.8 Å². The summed E-state index contributed by atoms with van der Waals surface area (Å²) in [4.78, 5) is 0. The maximum Gasteiger partial charge on any atom is 0.0587 e. The SMILES string of the molecule is CN[C@H](CO)C(C)C.S. The van der Waals surface area contributed by atoms with Crippen LogP contribution >= 0.6 is 13.5 Å². The van der Waals surface area contributed by atoms with Gasteiger partial charge in [0.1, 0.15) is 0 Å². The largest absolute Gasteiger partial charge is 0.395 e. The first kappa shape index (κ1) is 12.0. The first-order valence-electron chi connectivity index (χ1n) is 3.00. The standard InChI is InChI=1S/C6H15NO.H2S/c1-5(2)6(4-8)7-3;/h5-8H,4H2,1-3H3;1H2/t6-;/m1./s1. The highest BCUT2D eigenvalue weighted by Crippen LogP contribution is 1.97. The van der Waals surface area contributed by atoms with Gasteiger partial charge in [-0.05, 0) is 13.0 Å². The maximum absolute atomic E-state index is 8.63. The second-order valence-electron chi connectivity index (χ2n) is 2.32. The summed E-state index contributed by atoms with van der Waals surface area (Å²) in [5.74, 6) is 0.519. The Bertz CT molecular complexity index is 55.0. The summed E-state index contributed by atoms with van der Waals surface area (Å²) < 4.78 is 0. The van der Waals surface area contributed by atoms with Gasteiger partial charge in [-0.15, -0.1) is 0 Å². The van der Waals surface area contributed by atoms with Crippen molar-refractivity contribution in [3.63, 3.8) is 0 Å². The van der Waals surface area contributed by atoms with Crippen molar-refractivity contribution in [1.82, 2.24) is 5.32 Å². The fraction of sp³-hybridized carbons (Fsp3) is 1.00. The third kappa shape index (κ3) is 4.75. The molecule has 0 saturated carbocycles. The second kappa shape index (κ2) is 6.39. The Kier molecular flexibility index (Phi) is 8.52. The van der Waals surface area contributed by atoms with E-state index in [1.54, 1.807) is 0 Å². The summed E-state index contributed by atoms with van der Waals surface area (Å²) in [6.45, 7) is 4.39. The summed E-state index contributed by atoms with van der Waals surface area (Å²) in [5, 5.41) is 11.6. The van der Waals surface area contributed by atoms with Gasteiger partial charge in [0.15, 0.2) is 0 Å². The van der Waals surface area contributed by atoms with Crippen molar-refractivity contribution in [3.8, 4) is 0 Å². The van der Waals surface area contributed by atoms with Gasteiger partial charge >= 0.3 is 0 Å². The van der Waals surface area contributed by atoms with Crippen molar-refractivity contribution < 1.29 is 5.11 Å². The number of hydrogen-bond acceptors (Lipinski definition) is 2. The molecule has 0 rings (SSSR count). The van der Waals surface area contributed by atoms with E-state index in [0.717, 1.165) is 0 Å². The van der Waals surface area contributed by atoms with Crippen LogP contribution in [0.3, 0.4) is 0 Å². The molecule has 0 aromatic carbocycles. The molecule has 0 spiro atoms. The van der Waals surface area contributed by atoms with Crippen LogP contribution in [-0.2, 0) is 0 Å². The van der Waals surface area contributed by atoms with E-state index in [1.165, 1.54) is 0 Å². The van der Waals surface area contributed by atoms with Crippen molar-refractivity contribution in [2.75, 3.05) is 13.7 Å². The van der Waals surface area contributed by atoms with Gasteiger partial charge in [-0.3, -0.25) is 0 Å². The minimum absolute atomic E-state index is 0. The number of aliphatic hydroxyl groups excluding tert-OH is 1. The second-order valence-corrected chi connectivity index (χ2v) is 2.32. The third-order valence-corrected chi connectivity index (χ3v) is 1.37. The summed E-state index contributed by atoms with van der Waals surface area (Å²) in [6.07, 6.45) is 0. The van der Waals surface area contributed by atoms with Gasteiger partial charge in [0.25, 0.3) is 0 Å². The molecule has 0 bridgehead atoms. The van der Waals surface area contributed by atoms with E-state index in [9.17, 15) is 0 Å². The molecule has 2 nitrogen and oxygen atoms in total. The van der Waals surface area contributed by atoms with Crippen LogP contribution in [0.25, 0.3) is 0 Å². The van der Waals surface area contributed by atoms with E-state index < -0.39 is 0 Å². The number of likely N-dealkylation sites (N-methyl/N-ethyl adjacent to an activating group) is 1. The first-order chi connectivity index (χ1) is 3.72. The zero-order chi connectivity index (χ0) is 6.57. The van der Waals surface area contributed by atoms with Gasteiger partial charge in [0.2, 0.25) is 0 Å². The monoisotopic (exact) mass is 151 g/mol. The lowest BCUT2D eigenvalue weighted by Gasteiger charge is -2.15. The molecule has 9 heavy (non-hydrogen) atoms. The molecule has 2 N–H and O–H groups in total. The quantitative estimate of drug-likeness (QED) is 0.609. The van der Waals surface area contributed by atoms with E-state index in [-0.39, 0.29) is 26.1 Å². The van der Waals surface area contributed by atoms with Crippen molar-refractivity contribution >= 4 is 13.5 Å². The van der Waals surface area contributed by atoms with Crippen molar-refractivity contribution in [2.24, 2.45) is 5.92 Å². The normalized spacial score (nSPS) is 13.0. The molecule has 0 aromatic rings. The van der Waals surface area contributed by atoms with Gasteiger partial charge in [0.05, 0.1) is 6.61 Å². The molecule has 0 amide bonds. The molecule has 0 aliphatic heterocycles. The summed E-state index contributed by atoms with van der Waals surface area (Å²) in [6, 6.07) is 0.259. The van der Waals surface area contributed by atoms with Crippen LogP contribution in [0, 0.1) is 5.92 Å². The average molecular weight is 151 g/mol. The van der Waals surface area contributed by atoms with Crippen LogP contribution in [0.1, 0.15) is 13.8 Å². The maximum atomic E-state index is 8.63. The van der Waals surface area contributed by atoms with Crippen LogP contribution in [0.4, 0.5) is 0 Å². The lowest BCUT2D eigenvalue weighted by Crippen LogP contribution is -2.33. The Balaban J connectivity index is 0. The predicted octanol–water partition coefficient (Wildman–Crippen LogP) is 0.335. The molecule has 0 aromatic heterocycles. The van der Waals surface area contributed by atoms with Gasteiger partial charge in [-0.2, -0.15) is 13.5 Å². The molecule has 0 fully saturated rings. The molecule has 0 unspecified atom stereocenters. The Labute approximate surface area is 64.1 Å². The Hall–Kier alpha value is 0.270. The van der Waals surface area contributed by atoms with E-state index in [2.05, 4.69) is 19.2 Å². The number of hydrogen-bond donors (Lipinski definition) is 2. The summed E-state index contributed by atoms with van der Waals surface area (Å²) in [7, 11) is 1.86. The smallest absolute Gasteiger partial charge is 0.0587 e. The van der Waals surface area contributed by atoms with Crippen LogP contribution < -0.4 is 5.32 Å². The molecule has 0 saturated heterocycles. The van der Waals surface area contributed by atoms with E-state index in [0.29, 0.717) is 5.92 Å². The van der Waals surface area contributed by atoms with Crippen molar-refractivity contribution in [2.45, 2.75) is 19.9 Å². The Morgan fingerprint density at radius 2 is 1.89 bits per heavy atom. The zero-order valence-corrected chi connectivity index (χ0v) is 7.31. The van der Waals surface area contributed by atoms with E-state index in [1.807, 2.05) is 7.05 Å². The van der Waals surface area contributed by atoms with Gasteiger partial charge in [0, 0.05) is 6.04 Å². The third-order valence-electron chi connectivity index (χ3n) is 1.37. The van der Waals surface area contributed by atoms with E-state index >= 15 is 0 Å². The highest BCUT2D eigenvalue weighted by molar-refractivity contribution is 7.59. The summed E-state index contributed by atoms with van der Waals surface area (Å²) >= 11 is 0. The van der Waals surface area contributed by atoms with Crippen LogP contribution in [0.15, 0.2) is 0 Å². The number of nitrogens with one attached hydrogen (secondary N) is 1. The highest BCUT2D eigenvalue weighted by Gasteiger charge is 2.06.